The lowest BCUT2D eigenvalue weighted by Gasteiger charge is -2.61. The van der Waals surface area contributed by atoms with E-state index < -0.39 is 0 Å². The highest BCUT2D eigenvalue weighted by Crippen LogP contribution is 2.65. The van der Waals surface area contributed by atoms with Gasteiger partial charge in [-0.3, -0.25) is 24.3 Å². The predicted octanol–water partition coefficient (Wildman–Crippen LogP) is 2.53. The van der Waals surface area contributed by atoms with Crippen molar-refractivity contribution in [3.63, 3.8) is 0 Å². The third-order valence-electron chi connectivity index (χ3n) is 7.19. The van der Waals surface area contributed by atoms with Crippen molar-refractivity contribution in [1.82, 2.24) is 24.9 Å². The van der Waals surface area contributed by atoms with Gasteiger partial charge in [0.1, 0.15) is 12.4 Å². The Kier molecular flexibility index (Phi) is 4.04. The minimum Gasteiger partial charge on any atom is -0.350 e. The molecule has 4 aliphatic carbocycles. The molecule has 0 radical (unpaired) electrons. The van der Waals surface area contributed by atoms with Crippen molar-refractivity contribution in [3.8, 4) is 0 Å². The third kappa shape index (κ3) is 3.22. The molecule has 9 heteroatoms. The molecule has 154 valence electrons. The molecular weight excluding hydrogens is 372 g/mol. The van der Waals surface area contributed by atoms with Crippen molar-refractivity contribution >= 4 is 11.6 Å². The van der Waals surface area contributed by atoms with Gasteiger partial charge in [-0.25, -0.2) is 0 Å². The highest BCUT2D eigenvalue weighted by molar-refractivity contribution is 5.76. The van der Waals surface area contributed by atoms with E-state index in [-0.39, 0.29) is 27.5 Å². The summed E-state index contributed by atoms with van der Waals surface area (Å²) in [6.45, 7) is 0.444. The lowest BCUT2D eigenvalue weighted by molar-refractivity contribution is -0.385. The van der Waals surface area contributed by atoms with Gasteiger partial charge in [-0.1, -0.05) is 0 Å². The number of aromatic nitrogens is 4. The van der Waals surface area contributed by atoms with Crippen LogP contribution in [-0.4, -0.2) is 30.4 Å². The average molecular weight is 398 g/mol. The molecule has 29 heavy (non-hydrogen) atoms. The second kappa shape index (κ2) is 6.40. The van der Waals surface area contributed by atoms with Gasteiger partial charge in [0.15, 0.2) is 0 Å². The highest BCUT2D eigenvalue weighted by atomic mass is 16.6. The topological polar surface area (TPSA) is 108 Å². The third-order valence-corrected chi connectivity index (χ3v) is 7.19. The van der Waals surface area contributed by atoms with Gasteiger partial charge in [-0.15, -0.1) is 0 Å². The number of carbonyl (C=O) groups is 1. The maximum Gasteiger partial charge on any atom is 0.307 e. The van der Waals surface area contributed by atoms with Crippen LogP contribution in [0.25, 0.3) is 0 Å². The van der Waals surface area contributed by atoms with Crippen LogP contribution in [0.15, 0.2) is 24.7 Å². The fourth-order valence-electron chi connectivity index (χ4n) is 6.69. The van der Waals surface area contributed by atoms with Crippen LogP contribution in [0.1, 0.15) is 50.6 Å². The van der Waals surface area contributed by atoms with E-state index in [1.807, 2.05) is 24.0 Å². The van der Waals surface area contributed by atoms with Crippen molar-refractivity contribution in [2.45, 2.75) is 57.0 Å². The van der Waals surface area contributed by atoms with Crippen LogP contribution >= 0.6 is 0 Å². The number of amides is 1. The maximum absolute atomic E-state index is 12.8. The number of aryl methyl sites for hydroxylation is 1. The van der Waals surface area contributed by atoms with Crippen molar-refractivity contribution < 1.29 is 9.72 Å². The van der Waals surface area contributed by atoms with Gasteiger partial charge in [0, 0.05) is 19.7 Å². The average Bonchev–Trinajstić information content (AvgIpc) is 3.28. The first-order valence-electron chi connectivity index (χ1n) is 10.3. The molecule has 9 nitrogen and oxygen atoms in total. The molecular formula is C20H26N6O3. The molecule has 0 saturated heterocycles. The molecule has 2 heterocycles. The Morgan fingerprint density at radius 1 is 1.34 bits per heavy atom. The zero-order chi connectivity index (χ0) is 20.2. The number of carbonyl (C=O) groups excluding carboxylic acids is 1. The molecule has 0 spiro atoms. The summed E-state index contributed by atoms with van der Waals surface area (Å²) in [7, 11) is 1.86. The second-order valence-electron chi connectivity index (χ2n) is 9.52. The Morgan fingerprint density at radius 2 is 2.10 bits per heavy atom. The molecule has 0 aromatic carbocycles. The molecule has 2 aromatic heterocycles. The number of nitro groups is 1. The smallest absolute Gasteiger partial charge is 0.307 e. The second-order valence-corrected chi connectivity index (χ2v) is 9.52. The fraction of sp³-hybridized carbons (Fsp3) is 0.650. The fourth-order valence-corrected chi connectivity index (χ4v) is 6.69. The Labute approximate surface area is 168 Å². The first kappa shape index (κ1) is 18.3. The SMILES string of the molecule is Cn1ccc(CNC(=O)CC23CC4CC(C2)CC(n2cc([N+](=O)[O-])cn2)(C4)C3)n1. The van der Waals surface area contributed by atoms with E-state index in [2.05, 4.69) is 15.5 Å². The van der Waals surface area contributed by atoms with Crippen LogP contribution in [-0.2, 0) is 23.9 Å². The quantitative estimate of drug-likeness (QED) is 0.594. The van der Waals surface area contributed by atoms with Crippen molar-refractivity contribution in [2.75, 3.05) is 0 Å². The number of hydrogen-bond acceptors (Lipinski definition) is 5. The Morgan fingerprint density at radius 3 is 2.72 bits per heavy atom. The van der Waals surface area contributed by atoms with Crippen LogP contribution < -0.4 is 5.32 Å². The lowest BCUT2D eigenvalue weighted by Crippen LogP contribution is -2.57. The van der Waals surface area contributed by atoms with Gasteiger partial charge in [0.25, 0.3) is 0 Å². The van der Waals surface area contributed by atoms with E-state index in [9.17, 15) is 14.9 Å². The van der Waals surface area contributed by atoms with Crippen molar-refractivity contribution in [2.24, 2.45) is 24.3 Å². The normalized spacial score (nSPS) is 32.4. The zero-order valence-corrected chi connectivity index (χ0v) is 16.6. The van der Waals surface area contributed by atoms with Gasteiger partial charge < -0.3 is 5.32 Å². The van der Waals surface area contributed by atoms with E-state index in [1.165, 1.54) is 12.6 Å². The summed E-state index contributed by atoms with van der Waals surface area (Å²) in [5.74, 6) is 1.21. The summed E-state index contributed by atoms with van der Waals surface area (Å²) in [5, 5.41) is 22.9. The lowest BCUT2D eigenvalue weighted by atomic mass is 9.46. The number of hydrogen-bond donors (Lipinski definition) is 1. The molecule has 6 rings (SSSR count). The largest absolute Gasteiger partial charge is 0.350 e. The minimum atomic E-state index is -0.384. The standard InChI is InChI=1S/C20H26N6O3/c1-24-3-2-16(23-24)10-21-18(27)9-19-5-14-4-15(6-19)8-20(7-14,13-19)25-12-17(11-22-25)26(28)29/h2-3,11-12,14-15H,4-10,13H2,1H3,(H,21,27). The van der Waals surface area contributed by atoms with Crippen LogP contribution in [0.5, 0.6) is 0 Å². The maximum atomic E-state index is 12.8. The molecule has 2 atom stereocenters. The van der Waals surface area contributed by atoms with Gasteiger partial charge in [0.2, 0.25) is 5.91 Å². The Hall–Kier alpha value is -2.71. The predicted molar refractivity (Wildman–Crippen MR) is 104 cm³/mol. The zero-order valence-electron chi connectivity index (χ0n) is 16.6. The molecule has 4 aliphatic rings. The summed E-state index contributed by atoms with van der Waals surface area (Å²) in [6.07, 6.45) is 11.6. The molecule has 4 bridgehead atoms. The summed E-state index contributed by atoms with van der Waals surface area (Å²) < 4.78 is 3.58. The van der Waals surface area contributed by atoms with Crippen LogP contribution in [0, 0.1) is 27.4 Å². The first-order chi connectivity index (χ1) is 13.8. The Bertz CT molecular complexity index is 949. The van der Waals surface area contributed by atoms with E-state index >= 15 is 0 Å². The number of nitrogens with one attached hydrogen (secondary N) is 1. The van der Waals surface area contributed by atoms with E-state index in [0.29, 0.717) is 24.8 Å². The Balaban J connectivity index is 1.33. The van der Waals surface area contributed by atoms with Crippen LogP contribution in [0.3, 0.4) is 0 Å². The molecule has 4 fully saturated rings. The van der Waals surface area contributed by atoms with Gasteiger partial charge in [-0.2, -0.15) is 10.2 Å². The minimum absolute atomic E-state index is 0.0288. The molecule has 4 saturated carbocycles. The summed E-state index contributed by atoms with van der Waals surface area (Å²) in [5.41, 5.74) is 0.688. The van der Waals surface area contributed by atoms with Gasteiger partial charge >= 0.3 is 5.69 Å². The van der Waals surface area contributed by atoms with Crippen molar-refractivity contribution in [3.05, 3.63) is 40.5 Å². The number of nitrogens with zero attached hydrogens (tertiary/aromatic N) is 5. The molecule has 1 N–H and O–H groups in total. The van der Waals surface area contributed by atoms with Crippen LogP contribution in [0.4, 0.5) is 5.69 Å². The molecule has 2 aromatic rings. The monoisotopic (exact) mass is 398 g/mol. The van der Waals surface area contributed by atoms with Gasteiger partial charge in [0.05, 0.1) is 22.7 Å². The first-order valence-corrected chi connectivity index (χ1v) is 10.3. The highest BCUT2D eigenvalue weighted by Gasteiger charge is 2.59. The van der Waals surface area contributed by atoms with E-state index in [1.54, 1.807) is 10.9 Å². The van der Waals surface area contributed by atoms with Gasteiger partial charge in [-0.05, 0) is 61.8 Å². The summed E-state index contributed by atoms with van der Waals surface area (Å²) >= 11 is 0. The van der Waals surface area contributed by atoms with Crippen LogP contribution in [0.2, 0.25) is 0 Å². The van der Waals surface area contributed by atoms with E-state index in [4.69, 9.17) is 0 Å². The number of rotatable bonds is 6. The van der Waals surface area contributed by atoms with E-state index in [0.717, 1.165) is 37.8 Å². The molecule has 1 amide bonds. The molecule has 2 unspecified atom stereocenters. The summed E-state index contributed by atoms with van der Waals surface area (Å²) in [6, 6.07) is 1.91. The molecule has 0 aliphatic heterocycles. The van der Waals surface area contributed by atoms with Crippen molar-refractivity contribution in [1.29, 1.82) is 0 Å². The summed E-state index contributed by atoms with van der Waals surface area (Å²) in [4.78, 5) is 23.5.